The van der Waals surface area contributed by atoms with Gasteiger partial charge in [-0.3, -0.25) is 9.48 Å². The Kier molecular flexibility index (Phi) is 3.12. The summed E-state index contributed by atoms with van der Waals surface area (Å²) < 4.78 is 2.03. The molecule has 120 valence electrons. The molecule has 1 fully saturated rings. The van der Waals surface area contributed by atoms with Crippen molar-refractivity contribution in [1.29, 1.82) is 0 Å². The van der Waals surface area contributed by atoms with E-state index in [1.807, 2.05) is 29.7 Å². The van der Waals surface area contributed by atoms with Crippen molar-refractivity contribution in [3.63, 3.8) is 0 Å². The van der Waals surface area contributed by atoms with Crippen LogP contribution in [0.4, 0.5) is 0 Å². The Bertz CT molecular complexity index is 764. The number of amides is 1. The molecule has 0 radical (unpaired) electrons. The lowest BCUT2D eigenvalue weighted by Gasteiger charge is -2.48. The van der Waals surface area contributed by atoms with Gasteiger partial charge >= 0.3 is 0 Å². The molecule has 0 unspecified atom stereocenters. The van der Waals surface area contributed by atoms with Gasteiger partial charge < -0.3 is 4.90 Å². The van der Waals surface area contributed by atoms with Crippen LogP contribution in [-0.2, 0) is 23.7 Å². The average molecular weight is 309 g/mol. The highest BCUT2D eigenvalue weighted by Gasteiger charge is 2.49. The first kappa shape index (κ1) is 14.5. The molecule has 0 saturated carbocycles. The molecular formula is C19H23N3O. The van der Waals surface area contributed by atoms with E-state index < -0.39 is 0 Å². The molecule has 1 saturated heterocycles. The fraction of sp³-hybridized carbons (Fsp3) is 0.474. The number of hydrogen-bond donors (Lipinski definition) is 0. The Morgan fingerprint density at radius 2 is 1.91 bits per heavy atom. The Morgan fingerprint density at radius 1 is 1.17 bits per heavy atom. The van der Waals surface area contributed by atoms with Crippen LogP contribution in [0.5, 0.6) is 0 Å². The van der Waals surface area contributed by atoms with E-state index in [1.54, 1.807) is 0 Å². The number of aryl methyl sites for hydroxylation is 1. The van der Waals surface area contributed by atoms with Gasteiger partial charge in [0.2, 0.25) is 5.91 Å². The normalized spacial score (nSPS) is 26.8. The first-order chi connectivity index (χ1) is 11.0. The number of nitrogens with zero attached hydrogens (tertiary/aromatic N) is 3. The number of carbonyl (C=O) groups is 1. The highest BCUT2D eigenvalue weighted by molar-refractivity contribution is 5.78. The van der Waals surface area contributed by atoms with Crippen LogP contribution in [0.15, 0.2) is 30.3 Å². The first-order valence-corrected chi connectivity index (χ1v) is 8.40. The Labute approximate surface area is 137 Å². The maximum Gasteiger partial charge on any atom is 0.222 e. The van der Waals surface area contributed by atoms with Crippen molar-refractivity contribution in [3.8, 4) is 11.3 Å². The summed E-state index contributed by atoms with van der Waals surface area (Å²) in [6.07, 6.45) is 3.54. The van der Waals surface area contributed by atoms with Gasteiger partial charge in [0.1, 0.15) is 0 Å². The van der Waals surface area contributed by atoms with E-state index in [1.165, 1.54) is 22.5 Å². The van der Waals surface area contributed by atoms with E-state index in [0.717, 1.165) is 19.3 Å². The van der Waals surface area contributed by atoms with Crippen LogP contribution in [0.1, 0.15) is 37.4 Å². The molecule has 0 spiro atoms. The van der Waals surface area contributed by atoms with Gasteiger partial charge in [-0.25, -0.2) is 0 Å². The zero-order valence-electron chi connectivity index (χ0n) is 14.0. The van der Waals surface area contributed by atoms with Gasteiger partial charge in [-0.2, -0.15) is 5.10 Å². The number of benzene rings is 1. The molecule has 1 aromatic heterocycles. The van der Waals surface area contributed by atoms with Crippen molar-refractivity contribution in [1.82, 2.24) is 14.7 Å². The molecular weight excluding hydrogens is 286 g/mol. The topological polar surface area (TPSA) is 38.1 Å². The number of rotatable bonds is 1. The maximum atomic E-state index is 12.1. The van der Waals surface area contributed by atoms with Gasteiger partial charge in [0.05, 0.1) is 11.4 Å². The Balaban J connectivity index is 1.86. The molecule has 1 aliphatic heterocycles. The smallest absolute Gasteiger partial charge is 0.222 e. The average Bonchev–Trinajstić information content (AvgIpc) is 2.90. The quantitative estimate of drug-likeness (QED) is 0.812. The van der Waals surface area contributed by atoms with Crippen LogP contribution >= 0.6 is 0 Å². The number of likely N-dealkylation sites (tertiary alicyclic amines) is 1. The van der Waals surface area contributed by atoms with Crippen LogP contribution < -0.4 is 0 Å². The van der Waals surface area contributed by atoms with Crippen molar-refractivity contribution in [2.45, 2.75) is 44.1 Å². The van der Waals surface area contributed by atoms with E-state index in [2.05, 4.69) is 31.2 Å². The summed E-state index contributed by atoms with van der Waals surface area (Å²) in [6.45, 7) is 2.29. The van der Waals surface area contributed by atoms with Gasteiger partial charge in [-0.05, 0) is 19.3 Å². The van der Waals surface area contributed by atoms with Crippen molar-refractivity contribution in [3.05, 3.63) is 41.6 Å². The zero-order chi connectivity index (χ0) is 16.2. The molecule has 1 aromatic carbocycles. The fourth-order valence-corrected chi connectivity index (χ4v) is 4.60. The Hall–Kier alpha value is -2.10. The van der Waals surface area contributed by atoms with Crippen molar-refractivity contribution >= 4 is 5.91 Å². The molecule has 4 heteroatoms. The van der Waals surface area contributed by atoms with Crippen molar-refractivity contribution in [2.75, 3.05) is 7.05 Å². The van der Waals surface area contributed by atoms with Crippen LogP contribution in [-0.4, -0.2) is 33.7 Å². The summed E-state index contributed by atoms with van der Waals surface area (Å²) in [5, 5.41) is 4.92. The second kappa shape index (κ2) is 4.95. The zero-order valence-corrected chi connectivity index (χ0v) is 14.0. The standard InChI is InChI=1S/C19H23N3O/c1-19-12-11-16(23)21(2)15(19)10-9-14-17(22(3)20-18(14)19)13-7-5-4-6-8-13/h4-8,15H,9-12H2,1-3H3/t15-,19+/m1/s1. The van der Waals surface area contributed by atoms with Gasteiger partial charge in [-0.1, -0.05) is 37.3 Å². The minimum atomic E-state index is -0.0268. The molecule has 0 N–H and O–H groups in total. The van der Waals surface area contributed by atoms with Crippen LogP contribution in [0.25, 0.3) is 11.3 Å². The number of carbonyl (C=O) groups excluding carboxylic acids is 1. The number of piperidine rings is 1. The lowest BCUT2D eigenvalue weighted by atomic mass is 9.65. The highest BCUT2D eigenvalue weighted by atomic mass is 16.2. The molecule has 4 rings (SSSR count). The van der Waals surface area contributed by atoms with E-state index in [4.69, 9.17) is 5.10 Å². The van der Waals surface area contributed by atoms with Crippen LogP contribution in [0.3, 0.4) is 0 Å². The fourth-order valence-electron chi connectivity index (χ4n) is 4.60. The second-order valence-corrected chi connectivity index (χ2v) is 7.14. The van der Waals surface area contributed by atoms with E-state index >= 15 is 0 Å². The molecule has 4 nitrogen and oxygen atoms in total. The largest absolute Gasteiger partial charge is 0.342 e. The molecule has 2 heterocycles. The minimum Gasteiger partial charge on any atom is -0.342 e. The third kappa shape index (κ3) is 1.97. The lowest BCUT2D eigenvalue weighted by molar-refractivity contribution is -0.138. The van der Waals surface area contributed by atoms with Gasteiger partial charge in [-0.15, -0.1) is 0 Å². The number of aromatic nitrogens is 2. The third-order valence-electron chi connectivity index (χ3n) is 5.86. The monoisotopic (exact) mass is 309 g/mol. The summed E-state index contributed by atoms with van der Waals surface area (Å²) in [4.78, 5) is 14.1. The van der Waals surface area contributed by atoms with E-state index in [9.17, 15) is 4.79 Å². The predicted octanol–water partition coefficient (Wildman–Crippen LogP) is 2.91. The van der Waals surface area contributed by atoms with Gasteiger partial charge in [0.15, 0.2) is 0 Å². The SMILES string of the molecule is CN1C(=O)CC[C@]2(C)c3nn(C)c(-c4ccccc4)c3CC[C@@H]12. The summed E-state index contributed by atoms with van der Waals surface area (Å²) in [5.74, 6) is 0.273. The first-order valence-electron chi connectivity index (χ1n) is 8.40. The second-order valence-electron chi connectivity index (χ2n) is 7.14. The number of hydrogen-bond acceptors (Lipinski definition) is 2. The molecule has 1 aliphatic carbocycles. The predicted molar refractivity (Wildman–Crippen MR) is 90.1 cm³/mol. The minimum absolute atomic E-state index is 0.0268. The summed E-state index contributed by atoms with van der Waals surface area (Å²) in [7, 11) is 3.99. The van der Waals surface area contributed by atoms with E-state index in [-0.39, 0.29) is 17.4 Å². The summed E-state index contributed by atoms with van der Waals surface area (Å²) in [6, 6.07) is 10.8. The van der Waals surface area contributed by atoms with Crippen molar-refractivity contribution < 1.29 is 4.79 Å². The summed E-state index contributed by atoms with van der Waals surface area (Å²) in [5.41, 5.74) is 5.02. The molecule has 2 aliphatic rings. The maximum absolute atomic E-state index is 12.1. The van der Waals surface area contributed by atoms with Crippen LogP contribution in [0.2, 0.25) is 0 Å². The Morgan fingerprint density at radius 3 is 2.65 bits per heavy atom. The molecule has 2 atom stereocenters. The third-order valence-corrected chi connectivity index (χ3v) is 5.86. The number of likely N-dealkylation sites (N-methyl/N-ethyl adjacent to an activating group) is 1. The van der Waals surface area contributed by atoms with Crippen molar-refractivity contribution in [2.24, 2.45) is 7.05 Å². The molecule has 0 bridgehead atoms. The lowest BCUT2D eigenvalue weighted by Crippen LogP contribution is -2.56. The highest BCUT2D eigenvalue weighted by Crippen LogP contribution is 2.47. The van der Waals surface area contributed by atoms with Gasteiger partial charge in [0, 0.05) is 43.1 Å². The molecule has 23 heavy (non-hydrogen) atoms. The molecule has 1 amide bonds. The van der Waals surface area contributed by atoms with Gasteiger partial charge in [0.25, 0.3) is 0 Å². The number of fused-ring (bicyclic) bond motifs is 3. The summed E-state index contributed by atoms with van der Waals surface area (Å²) >= 11 is 0. The molecule has 2 aromatic rings. The van der Waals surface area contributed by atoms with Crippen LogP contribution in [0, 0.1) is 0 Å². The van der Waals surface area contributed by atoms with E-state index in [0.29, 0.717) is 6.42 Å².